The van der Waals surface area contributed by atoms with Gasteiger partial charge in [-0.25, -0.2) is 4.39 Å². The summed E-state index contributed by atoms with van der Waals surface area (Å²) in [5.41, 5.74) is -2.16. The van der Waals surface area contributed by atoms with E-state index in [0.717, 1.165) is 32.1 Å². The summed E-state index contributed by atoms with van der Waals surface area (Å²) in [5.74, 6) is -0.654. The molecule has 0 aliphatic heterocycles. The molecule has 1 aliphatic carbocycles. The molecule has 2 unspecified atom stereocenters. The zero-order valence-electron chi connectivity index (χ0n) is 11.8. The molecule has 1 amide bonds. The molecule has 2 atom stereocenters. The third kappa shape index (κ3) is 3.22. The van der Waals surface area contributed by atoms with Crippen LogP contribution in [0.15, 0.2) is 0 Å². The SMILES string of the molecule is CCN(CC)C(=O)C(C)(F)C(O)C1CCCCC1. The van der Waals surface area contributed by atoms with Crippen molar-refractivity contribution in [2.24, 2.45) is 5.92 Å². The van der Waals surface area contributed by atoms with Crippen molar-refractivity contribution < 1.29 is 14.3 Å². The predicted octanol–water partition coefficient (Wildman–Crippen LogP) is 2.52. The normalized spacial score (nSPS) is 22.3. The molecule has 3 nitrogen and oxygen atoms in total. The van der Waals surface area contributed by atoms with Crippen molar-refractivity contribution in [1.82, 2.24) is 4.90 Å². The quantitative estimate of drug-likeness (QED) is 0.824. The van der Waals surface area contributed by atoms with Crippen LogP contribution in [0.1, 0.15) is 52.9 Å². The summed E-state index contributed by atoms with van der Waals surface area (Å²) in [7, 11) is 0. The number of alkyl halides is 1. The first kappa shape index (κ1) is 15.4. The van der Waals surface area contributed by atoms with Crippen LogP contribution in [0.3, 0.4) is 0 Å². The second kappa shape index (κ2) is 6.50. The molecule has 0 heterocycles. The van der Waals surface area contributed by atoms with Gasteiger partial charge in [0.2, 0.25) is 5.67 Å². The minimum absolute atomic E-state index is 0.0757. The van der Waals surface area contributed by atoms with Crippen molar-refractivity contribution in [3.63, 3.8) is 0 Å². The summed E-state index contributed by atoms with van der Waals surface area (Å²) in [6, 6.07) is 0. The van der Waals surface area contributed by atoms with Gasteiger partial charge in [0.05, 0.1) is 6.10 Å². The highest BCUT2D eigenvalue weighted by Crippen LogP contribution is 2.33. The van der Waals surface area contributed by atoms with E-state index in [4.69, 9.17) is 0 Å². The standard InChI is InChI=1S/C14H26FNO2/c1-4-16(5-2)13(18)14(3,15)12(17)11-9-7-6-8-10-11/h11-12,17H,4-10H2,1-3H3. The van der Waals surface area contributed by atoms with E-state index >= 15 is 0 Å². The largest absolute Gasteiger partial charge is 0.389 e. The maximum absolute atomic E-state index is 14.6. The van der Waals surface area contributed by atoms with Crippen molar-refractivity contribution in [2.45, 2.75) is 64.6 Å². The van der Waals surface area contributed by atoms with Crippen LogP contribution in [0.25, 0.3) is 0 Å². The Labute approximate surface area is 109 Å². The van der Waals surface area contributed by atoms with Gasteiger partial charge < -0.3 is 10.0 Å². The highest BCUT2D eigenvalue weighted by molar-refractivity contribution is 5.85. The average molecular weight is 259 g/mol. The zero-order chi connectivity index (χ0) is 13.8. The van der Waals surface area contributed by atoms with Gasteiger partial charge in [-0.1, -0.05) is 19.3 Å². The summed E-state index contributed by atoms with van der Waals surface area (Å²) < 4.78 is 14.6. The molecular formula is C14H26FNO2. The summed E-state index contributed by atoms with van der Waals surface area (Å²) in [4.78, 5) is 13.6. The van der Waals surface area contributed by atoms with E-state index in [0.29, 0.717) is 13.1 Å². The topological polar surface area (TPSA) is 40.5 Å². The van der Waals surface area contributed by atoms with Crippen LogP contribution in [0.4, 0.5) is 4.39 Å². The van der Waals surface area contributed by atoms with Gasteiger partial charge >= 0.3 is 0 Å². The smallest absolute Gasteiger partial charge is 0.262 e. The third-order valence-corrected chi connectivity index (χ3v) is 4.12. The lowest BCUT2D eigenvalue weighted by atomic mass is 9.79. The lowest BCUT2D eigenvalue weighted by Gasteiger charge is -2.36. The molecule has 1 rings (SSSR count). The first-order valence-electron chi connectivity index (χ1n) is 7.11. The van der Waals surface area contributed by atoms with Crippen molar-refractivity contribution in [2.75, 3.05) is 13.1 Å². The Bertz CT molecular complexity index is 271. The van der Waals surface area contributed by atoms with Crippen LogP contribution in [-0.4, -0.2) is 40.8 Å². The number of amides is 1. The van der Waals surface area contributed by atoms with Gasteiger partial charge in [-0.05, 0) is 39.5 Å². The first-order chi connectivity index (χ1) is 8.45. The van der Waals surface area contributed by atoms with E-state index in [9.17, 15) is 14.3 Å². The molecule has 18 heavy (non-hydrogen) atoms. The summed E-state index contributed by atoms with van der Waals surface area (Å²) in [6.07, 6.45) is 3.68. The van der Waals surface area contributed by atoms with Gasteiger partial charge in [0.1, 0.15) is 0 Å². The Hall–Kier alpha value is -0.640. The Morgan fingerprint density at radius 1 is 1.33 bits per heavy atom. The number of hydrogen-bond acceptors (Lipinski definition) is 2. The third-order valence-electron chi connectivity index (χ3n) is 4.12. The van der Waals surface area contributed by atoms with Gasteiger partial charge in [-0.15, -0.1) is 0 Å². The van der Waals surface area contributed by atoms with E-state index in [1.807, 2.05) is 13.8 Å². The highest BCUT2D eigenvalue weighted by Gasteiger charge is 2.46. The van der Waals surface area contributed by atoms with E-state index in [1.54, 1.807) is 0 Å². The average Bonchev–Trinajstić information content (AvgIpc) is 2.40. The molecule has 0 aromatic rings. The Balaban J connectivity index is 2.73. The fraction of sp³-hybridized carbons (Fsp3) is 0.929. The monoisotopic (exact) mass is 259 g/mol. The van der Waals surface area contributed by atoms with Crippen LogP contribution < -0.4 is 0 Å². The molecule has 1 aliphatic rings. The molecule has 1 N–H and O–H groups in total. The molecule has 0 aromatic heterocycles. The number of halogens is 1. The molecule has 4 heteroatoms. The first-order valence-corrected chi connectivity index (χ1v) is 7.11. The zero-order valence-corrected chi connectivity index (χ0v) is 11.8. The Morgan fingerprint density at radius 2 is 1.83 bits per heavy atom. The number of aliphatic hydroxyl groups excluding tert-OH is 1. The van der Waals surface area contributed by atoms with E-state index in [1.165, 1.54) is 11.8 Å². The van der Waals surface area contributed by atoms with Crippen molar-refractivity contribution in [3.05, 3.63) is 0 Å². The Kier molecular flexibility index (Phi) is 5.57. The minimum atomic E-state index is -2.16. The molecular weight excluding hydrogens is 233 g/mol. The van der Waals surface area contributed by atoms with E-state index in [2.05, 4.69) is 0 Å². The number of carbonyl (C=O) groups excluding carboxylic acids is 1. The number of rotatable bonds is 5. The fourth-order valence-electron chi connectivity index (χ4n) is 2.84. The highest BCUT2D eigenvalue weighted by atomic mass is 19.1. The molecule has 106 valence electrons. The van der Waals surface area contributed by atoms with E-state index in [-0.39, 0.29) is 5.92 Å². The molecule has 0 radical (unpaired) electrons. The lowest BCUT2D eigenvalue weighted by Crippen LogP contribution is -2.53. The van der Waals surface area contributed by atoms with Crippen LogP contribution >= 0.6 is 0 Å². The number of carbonyl (C=O) groups is 1. The van der Waals surface area contributed by atoms with Crippen LogP contribution in [0, 0.1) is 5.92 Å². The van der Waals surface area contributed by atoms with Crippen LogP contribution in [-0.2, 0) is 4.79 Å². The van der Waals surface area contributed by atoms with Gasteiger partial charge in [0.15, 0.2) is 0 Å². The van der Waals surface area contributed by atoms with Gasteiger partial charge in [0, 0.05) is 13.1 Å². The number of nitrogens with zero attached hydrogens (tertiary/aromatic N) is 1. The van der Waals surface area contributed by atoms with Gasteiger partial charge in [0.25, 0.3) is 5.91 Å². The predicted molar refractivity (Wildman–Crippen MR) is 70.0 cm³/mol. The molecule has 0 saturated heterocycles. The van der Waals surface area contributed by atoms with Gasteiger partial charge in [-0.2, -0.15) is 0 Å². The van der Waals surface area contributed by atoms with Crippen LogP contribution in [0.2, 0.25) is 0 Å². The summed E-state index contributed by atoms with van der Waals surface area (Å²) in [5, 5.41) is 10.2. The molecule has 0 spiro atoms. The van der Waals surface area contributed by atoms with Crippen LogP contribution in [0.5, 0.6) is 0 Å². The van der Waals surface area contributed by atoms with Gasteiger partial charge in [-0.3, -0.25) is 4.79 Å². The second-order valence-corrected chi connectivity index (χ2v) is 5.40. The second-order valence-electron chi connectivity index (χ2n) is 5.40. The van der Waals surface area contributed by atoms with Crippen molar-refractivity contribution >= 4 is 5.91 Å². The van der Waals surface area contributed by atoms with E-state index < -0.39 is 17.7 Å². The van der Waals surface area contributed by atoms with Crippen molar-refractivity contribution in [1.29, 1.82) is 0 Å². The molecule has 0 bridgehead atoms. The Morgan fingerprint density at radius 3 is 2.28 bits per heavy atom. The molecule has 0 aromatic carbocycles. The summed E-state index contributed by atoms with van der Waals surface area (Å²) >= 11 is 0. The molecule has 1 fully saturated rings. The van der Waals surface area contributed by atoms with Crippen molar-refractivity contribution in [3.8, 4) is 0 Å². The summed E-state index contributed by atoms with van der Waals surface area (Å²) in [6.45, 7) is 5.83. The fourth-order valence-corrected chi connectivity index (χ4v) is 2.84. The minimum Gasteiger partial charge on any atom is -0.389 e. The maximum Gasteiger partial charge on any atom is 0.262 e. The lowest BCUT2D eigenvalue weighted by molar-refractivity contribution is -0.154. The number of hydrogen-bond donors (Lipinski definition) is 1. The molecule has 1 saturated carbocycles. The maximum atomic E-state index is 14.6. The number of aliphatic hydroxyl groups is 1.